The largest absolute Gasteiger partial charge is 0.389 e. The van der Waals surface area contributed by atoms with Crippen molar-refractivity contribution in [2.24, 2.45) is 11.3 Å². The topological polar surface area (TPSA) is 20.2 Å². The van der Waals surface area contributed by atoms with Crippen molar-refractivity contribution in [1.82, 2.24) is 0 Å². The fraction of sp³-hybridized carbons (Fsp3) is 0.714. The van der Waals surface area contributed by atoms with Gasteiger partial charge in [0.05, 0.1) is 6.10 Å². The molecule has 1 nitrogen and oxygen atoms in total. The fourth-order valence-electron chi connectivity index (χ4n) is 2.36. The summed E-state index contributed by atoms with van der Waals surface area (Å²) in [6.07, 6.45) is 9.43. The predicted molar refractivity (Wildman–Crippen MR) is 65.7 cm³/mol. The maximum atomic E-state index is 9.54. The second-order valence-electron chi connectivity index (χ2n) is 5.31. The molecule has 0 bridgehead atoms. The van der Waals surface area contributed by atoms with Gasteiger partial charge in [0.25, 0.3) is 0 Å². The molecule has 86 valence electrons. The summed E-state index contributed by atoms with van der Waals surface area (Å²) in [5, 5.41) is 9.54. The quantitative estimate of drug-likeness (QED) is 0.701. The van der Waals surface area contributed by atoms with Crippen LogP contribution >= 0.6 is 0 Å². The molecule has 0 fully saturated rings. The Morgan fingerprint density at radius 3 is 2.80 bits per heavy atom. The highest BCUT2D eigenvalue weighted by molar-refractivity contribution is 5.19. The van der Waals surface area contributed by atoms with Crippen LogP contribution in [0.1, 0.15) is 47.0 Å². The smallest absolute Gasteiger partial charge is 0.0718 e. The molecule has 1 N–H and O–H groups in total. The minimum atomic E-state index is -0.282. The molecule has 1 aliphatic carbocycles. The van der Waals surface area contributed by atoms with Crippen molar-refractivity contribution < 1.29 is 5.11 Å². The van der Waals surface area contributed by atoms with E-state index in [1.807, 2.05) is 13.0 Å². The second-order valence-corrected chi connectivity index (χ2v) is 5.31. The first-order chi connectivity index (χ1) is 6.97. The van der Waals surface area contributed by atoms with Gasteiger partial charge in [-0.05, 0) is 31.6 Å². The van der Waals surface area contributed by atoms with Crippen molar-refractivity contribution >= 4 is 0 Å². The maximum absolute atomic E-state index is 9.54. The van der Waals surface area contributed by atoms with Gasteiger partial charge in [-0.1, -0.05) is 44.6 Å². The van der Waals surface area contributed by atoms with Crippen LogP contribution in [0.4, 0.5) is 0 Å². The molecule has 0 unspecified atom stereocenters. The molecule has 0 amide bonds. The Kier molecular flexibility index (Phi) is 4.15. The summed E-state index contributed by atoms with van der Waals surface area (Å²) in [6.45, 7) is 8.84. The Morgan fingerprint density at radius 2 is 2.27 bits per heavy atom. The van der Waals surface area contributed by atoms with Gasteiger partial charge >= 0.3 is 0 Å². The van der Waals surface area contributed by atoms with Gasteiger partial charge in [0.15, 0.2) is 0 Å². The van der Waals surface area contributed by atoms with Crippen molar-refractivity contribution in [3.63, 3.8) is 0 Å². The Bertz CT molecular complexity index is 261. The lowest BCUT2D eigenvalue weighted by Gasteiger charge is -2.36. The average Bonchev–Trinajstić information content (AvgIpc) is 2.15. The summed E-state index contributed by atoms with van der Waals surface area (Å²) in [5.74, 6) is 0.493. The second kappa shape index (κ2) is 4.98. The van der Waals surface area contributed by atoms with E-state index in [1.165, 1.54) is 18.4 Å². The minimum absolute atomic E-state index is 0.282. The van der Waals surface area contributed by atoms with E-state index in [0.29, 0.717) is 11.3 Å². The minimum Gasteiger partial charge on any atom is -0.389 e. The van der Waals surface area contributed by atoms with E-state index in [-0.39, 0.29) is 6.10 Å². The van der Waals surface area contributed by atoms with Crippen LogP contribution in [0, 0.1) is 11.3 Å². The van der Waals surface area contributed by atoms with E-state index in [2.05, 4.69) is 32.9 Å². The molecule has 0 heterocycles. The molecule has 0 spiro atoms. The van der Waals surface area contributed by atoms with Crippen molar-refractivity contribution in [2.75, 3.05) is 0 Å². The van der Waals surface area contributed by atoms with Gasteiger partial charge in [-0.3, -0.25) is 0 Å². The molecule has 0 aromatic rings. The molecule has 0 aromatic carbocycles. The van der Waals surface area contributed by atoms with Gasteiger partial charge in [0.2, 0.25) is 0 Å². The molecular formula is C14H24O. The molecule has 0 saturated carbocycles. The predicted octanol–water partition coefficient (Wildman–Crippen LogP) is 3.70. The molecule has 1 rings (SSSR count). The van der Waals surface area contributed by atoms with E-state index in [9.17, 15) is 5.11 Å². The Hall–Kier alpha value is -0.560. The van der Waals surface area contributed by atoms with Crippen molar-refractivity contribution in [2.45, 2.75) is 53.1 Å². The number of hydrogen-bond donors (Lipinski definition) is 1. The van der Waals surface area contributed by atoms with Crippen LogP contribution in [-0.4, -0.2) is 11.2 Å². The van der Waals surface area contributed by atoms with Crippen molar-refractivity contribution in [3.8, 4) is 0 Å². The van der Waals surface area contributed by atoms with Crippen molar-refractivity contribution in [1.29, 1.82) is 0 Å². The lowest BCUT2D eigenvalue weighted by atomic mass is 9.68. The van der Waals surface area contributed by atoms with E-state index < -0.39 is 0 Å². The third kappa shape index (κ3) is 3.20. The third-order valence-electron chi connectivity index (χ3n) is 3.53. The maximum Gasteiger partial charge on any atom is 0.0718 e. The van der Waals surface area contributed by atoms with Crippen LogP contribution in [-0.2, 0) is 0 Å². The van der Waals surface area contributed by atoms with Crippen molar-refractivity contribution in [3.05, 3.63) is 23.8 Å². The zero-order valence-electron chi connectivity index (χ0n) is 10.5. The summed E-state index contributed by atoms with van der Waals surface area (Å²) in [4.78, 5) is 0. The summed E-state index contributed by atoms with van der Waals surface area (Å²) in [6, 6.07) is 0. The Labute approximate surface area is 93.9 Å². The molecule has 1 heteroatoms. The summed E-state index contributed by atoms with van der Waals surface area (Å²) < 4.78 is 0. The lowest BCUT2D eigenvalue weighted by Crippen LogP contribution is -2.26. The third-order valence-corrected chi connectivity index (χ3v) is 3.53. The number of aliphatic hydroxyl groups is 1. The Morgan fingerprint density at radius 1 is 1.60 bits per heavy atom. The van der Waals surface area contributed by atoms with Crippen LogP contribution in [0.15, 0.2) is 23.8 Å². The van der Waals surface area contributed by atoms with Gasteiger partial charge in [0.1, 0.15) is 0 Å². The van der Waals surface area contributed by atoms with Gasteiger partial charge in [-0.15, -0.1) is 0 Å². The van der Waals surface area contributed by atoms with Gasteiger partial charge < -0.3 is 5.11 Å². The first kappa shape index (κ1) is 12.5. The monoisotopic (exact) mass is 208 g/mol. The fourth-order valence-corrected chi connectivity index (χ4v) is 2.36. The zero-order valence-corrected chi connectivity index (χ0v) is 10.5. The number of hydrogen-bond acceptors (Lipinski definition) is 1. The molecule has 2 atom stereocenters. The molecule has 0 radical (unpaired) electrons. The van der Waals surface area contributed by atoms with Crippen LogP contribution in [0.2, 0.25) is 0 Å². The first-order valence-corrected chi connectivity index (χ1v) is 6.00. The lowest BCUT2D eigenvalue weighted by molar-refractivity contribution is 0.214. The molecule has 0 aliphatic heterocycles. The molecule has 1 aliphatic rings. The van der Waals surface area contributed by atoms with E-state index in [4.69, 9.17) is 0 Å². The van der Waals surface area contributed by atoms with Crippen LogP contribution in [0.3, 0.4) is 0 Å². The SMILES string of the molecule is CC[C@H](O)/C=C/[C@@H]1C(C)=CCCC1(C)C. The highest BCUT2D eigenvalue weighted by Crippen LogP contribution is 2.41. The van der Waals surface area contributed by atoms with Gasteiger partial charge in [-0.2, -0.15) is 0 Å². The van der Waals surface area contributed by atoms with Gasteiger partial charge in [0, 0.05) is 5.92 Å². The number of rotatable bonds is 3. The summed E-state index contributed by atoms with van der Waals surface area (Å²) in [7, 11) is 0. The normalized spacial score (nSPS) is 27.8. The van der Waals surface area contributed by atoms with E-state index in [1.54, 1.807) is 0 Å². The van der Waals surface area contributed by atoms with Gasteiger partial charge in [-0.25, -0.2) is 0 Å². The van der Waals surface area contributed by atoms with Crippen LogP contribution in [0.5, 0.6) is 0 Å². The molecule has 0 aromatic heterocycles. The number of aliphatic hydroxyl groups excluding tert-OH is 1. The highest BCUT2D eigenvalue weighted by Gasteiger charge is 2.30. The summed E-state index contributed by atoms with van der Waals surface area (Å²) in [5.41, 5.74) is 1.79. The first-order valence-electron chi connectivity index (χ1n) is 6.00. The van der Waals surface area contributed by atoms with E-state index >= 15 is 0 Å². The van der Waals surface area contributed by atoms with Crippen LogP contribution < -0.4 is 0 Å². The highest BCUT2D eigenvalue weighted by atomic mass is 16.3. The zero-order chi connectivity index (χ0) is 11.5. The summed E-state index contributed by atoms with van der Waals surface area (Å²) >= 11 is 0. The standard InChI is InChI=1S/C14H24O/c1-5-12(15)8-9-13-11(2)7-6-10-14(13,3)4/h7-9,12-13,15H,5-6,10H2,1-4H3/b9-8+/t12-,13+/m0/s1. The molecule has 15 heavy (non-hydrogen) atoms. The molecule has 0 saturated heterocycles. The Balaban J connectivity index is 2.76. The molecular weight excluding hydrogens is 184 g/mol. The number of allylic oxidation sites excluding steroid dienone is 3. The average molecular weight is 208 g/mol. The van der Waals surface area contributed by atoms with Crippen LogP contribution in [0.25, 0.3) is 0 Å². The van der Waals surface area contributed by atoms with E-state index in [0.717, 1.165) is 6.42 Å².